The Bertz CT molecular complexity index is 408. The third-order valence-electron chi connectivity index (χ3n) is 2.74. The molecule has 0 bridgehead atoms. The van der Waals surface area contributed by atoms with Crippen LogP contribution in [0.25, 0.3) is 0 Å². The van der Waals surface area contributed by atoms with E-state index in [4.69, 9.17) is 0 Å². The second kappa shape index (κ2) is 5.00. The molecule has 1 heteroatoms. The molecule has 0 heterocycles. The summed E-state index contributed by atoms with van der Waals surface area (Å²) in [5, 5.41) is 0. The first-order valence-electron chi connectivity index (χ1n) is 5.44. The largest absolute Gasteiger partial charge is 0.0722 e. The summed E-state index contributed by atoms with van der Waals surface area (Å²) in [5.74, 6) is 0. The van der Waals surface area contributed by atoms with Crippen molar-refractivity contribution in [3.8, 4) is 0 Å². The van der Waals surface area contributed by atoms with Gasteiger partial charge in [0, 0.05) is 0 Å². The number of hydrogen-bond donors (Lipinski definition) is 0. The van der Waals surface area contributed by atoms with Gasteiger partial charge < -0.3 is 0 Å². The fourth-order valence-corrected chi connectivity index (χ4v) is 2.49. The molecule has 0 atom stereocenters. The molecule has 0 aliphatic heterocycles. The Kier molecular flexibility index (Phi) is 3.64. The summed E-state index contributed by atoms with van der Waals surface area (Å²) in [7, 11) is 0. The number of halogens is 1. The third kappa shape index (κ3) is 2.64. The van der Waals surface area contributed by atoms with Gasteiger partial charge in [0.05, 0.1) is 3.92 Å². The van der Waals surface area contributed by atoms with Crippen molar-refractivity contribution in [2.24, 2.45) is 0 Å². The number of alkyl halides is 1. The van der Waals surface area contributed by atoms with Gasteiger partial charge in [-0.05, 0) is 25.0 Å². The molecule has 0 amide bonds. The highest BCUT2D eigenvalue weighted by Gasteiger charge is 2.08. The van der Waals surface area contributed by atoms with E-state index in [1.165, 1.54) is 22.3 Å². The minimum atomic E-state index is 0.443. The van der Waals surface area contributed by atoms with Gasteiger partial charge in [-0.15, -0.1) is 0 Å². The molecular weight excluding hydrogens is 307 g/mol. The Balaban J connectivity index is 2.28. The molecule has 82 valence electrons. The van der Waals surface area contributed by atoms with E-state index < -0.39 is 0 Å². The van der Waals surface area contributed by atoms with Crippen LogP contribution in [0.3, 0.4) is 0 Å². The fraction of sp³-hybridized carbons (Fsp3) is 0.200. The molecule has 2 aromatic carbocycles. The second-order valence-electron chi connectivity index (χ2n) is 4.18. The fourth-order valence-electron chi connectivity index (χ4n) is 1.66. The van der Waals surface area contributed by atoms with E-state index in [9.17, 15) is 0 Å². The summed E-state index contributed by atoms with van der Waals surface area (Å²) >= 11 is 2.50. The van der Waals surface area contributed by atoms with Crippen LogP contribution in [0.4, 0.5) is 0 Å². The molecule has 0 N–H and O–H groups in total. The van der Waals surface area contributed by atoms with Crippen molar-refractivity contribution < 1.29 is 0 Å². The molecule has 2 aromatic rings. The molecular formula is C15H15I. The predicted octanol–water partition coefficient (Wildman–Crippen LogP) is 4.83. The molecule has 0 unspecified atom stereocenters. The highest BCUT2D eigenvalue weighted by atomic mass is 127. The molecule has 0 spiro atoms. The van der Waals surface area contributed by atoms with Gasteiger partial charge in [-0.1, -0.05) is 82.2 Å². The van der Waals surface area contributed by atoms with E-state index in [0.717, 1.165) is 0 Å². The topological polar surface area (TPSA) is 0 Å². The zero-order chi connectivity index (χ0) is 11.5. The van der Waals surface area contributed by atoms with E-state index in [1.807, 2.05) is 0 Å². The van der Waals surface area contributed by atoms with Crippen LogP contribution in [0.5, 0.6) is 0 Å². The summed E-state index contributed by atoms with van der Waals surface area (Å²) in [4.78, 5) is 0. The molecule has 2 rings (SSSR count). The summed E-state index contributed by atoms with van der Waals surface area (Å²) in [6.07, 6.45) is 0. The third-order valence-corrected chi connectivity index (χ3v) is 4.18. The average Bonchev–Trinajstić information content (AvgIpc) is 2.30. The Hall–Kier alpha value is -0.830. The first-order chi connectivity index (χ1) is 7.66. The monoisotopic (exact) mass is 322 g/mol. The molecule has 16 heavy (non-hydrogen) atoms. The van der Waals surface area contributed by atoms with Crippen molar-refractivity contribution in [1.29, 1.82) is 0 Å². The van der Waals surface area contributed by atoms with Gasteiger partial charge in [0.15, 0.2) is 0 Å². The van der Waals surface area contributed by atoms with Gasteiger partial charge in [-0.3, -0.25) is 0 Å². The van der Waals surface area contributed by atoms with Crippen molar-refractivity contribution in [3.63, 3.8) is 0 Å². The summed E-state index contributed by atoms with van der Waals surface area (Å²) in [5.41, 5.74) is 5.37. The maximum Gasteiger partial charge on any atom is 0.0608 e. The number of benzene rings is 2. The van der Waals surface area contributed by atoms with Crippen LogP contribution in [-0.4, -0.2) is 0 Å². The average molecular weight is 322 g/mol. The molecule has 0 saturated carbocycles. The Morgan fingerprint density at radius 1 is 0.688 bits per heavy atom. The summed E-state index contributed by atoms with van der Waals surface area (Å²) in [6.45, 7) is 4.25. The van der Waals surface area contributed by atoms with Gasteiger partial charge >= 0.3 is 0 Å². The van der Waals surface area contributed by atoms with Gasteiger partial charge in [0.1, 0.15) is 0 Å². The number of aryl methyl sites for hydroxylation is 2. The minimum Gasteiger partial charge on any atom is -0.0722 e. The first kappa shape index (κ1) is 11.6. The highest BCUT2D eigenvalue weighted by molar-refractivity contribution is 14.1. The second-order valence-corrected chi connectivity index (χ2v) is 5.43. The van der Waals surface area contributed by atoms with E-state index >= 15 is 0 Å². The normalized spacial score (nSPS) is 10.8. The Morgan fingerprint density at radius 2 is 1.00 bits per heavy atom. The molecule has 0 aliphatic rings. The predicted molar refractivity (Wildman–Crippen MR) is 78.2 cm³/mol. The van der Waals surface area contributed by atoms with Crippen molar-refractivity contribution in [2.75, 3.05) is 0 Å². The van der Waals surface area contributed by atoms with E-state index in [2.05, 4.69) is 85.0 Å². The lowest BCUT2D eigenvalue weighted by atomic mass is 10.0. The van der Waals surface area contributed by atoms with Crippen LogP contribution in [0.2, 0.25) is 0 Å². The van der Waals surface area contributed by atoms with E-state index in [1.54, 1.807) is 0 Å². The summed E-state index contributed by atoms with van der Waals surface area (Å²) in [6, 6.07) is 17.6. The lowest BCUT2D eigenvalue weighted by Crippen LogP contribution is -1.92. The molecule has 0 aliphatic carbocycles. The van der Waals surface area contributed by atoms with Crippen LogP contribution in [0.1, 0.15) is 26.2 Å². The zero-order valence-corrected chi connectivity index (χ0v) is 11.7. The van der Waals surface area contributed by atoms with Crippen LogP contribution < -0.4 is 0 Å². The van der Waals surface area contributed by atoms with E-state index in [-0.39, 0.29) is 0 Å². The molecule has 0 aromatic heterocycles. The quantitative estimate of drug-likeness (QED) is 0.549. The molecule has 0 radical (unpaired) electrons. The van der Waals surface area contributed by atoms with Gasteiger partial charge in [0.25, 0.3) is 0 Å². The maximum absolute atomic E-state index is 2.50. The Labute approximate surface area is 111 Å². The van der Waals surface area contributed by atoms with Gasteiger partial charge in [0.2, 0.25) is 0 Å². The van der Waals surface area contributed by atoms with Crippen LogP contribution in [0.15, 0.2) is 48.5 Å². The van der Waals surface area contributed by atoms with Crippen molar-refractivity contribution in [3.05, 3.63) is 70.8 Å². The zero-order valence-electron chi connectivity index (χ0n) is 9.57. The van der Waals surface area contributed by atoms with Crippen LogP contribution in [0, 0.1) is 13.8 Å². The lowest BCUT2D eigenvalue weighted by Gasteiger charge is -2.11. The first-order valence-corrected chi connectivity index (χ1v) is 6.68. The van der Waals surface area contributed by atoms with Crippen molar-refractivity contribution >= 4 is 22.6 Å². The van der Waals surface area contributed by atoms with Crippen LogP contribution in [-0.2, 0) is 0 Å². The summed E-state index contributed by atoms with van der Waals surface area (Å²) < 4.78 is 0.443. The maximum atomic E-state index is 2.50. The lowest BCUT2D eigenvalue weighted by molar-refractivity contribution is 1.19. The number of rotatable bonds is 2. The minimum absolute atomic E-state index is 0.443. The standard InChI is InChI=1S/C15H15I/c1-11-3-7-13(8-4-11)15(16)14-9-5-12(2)6-10-14/h3-10,15H,1-2H3. The Morgan fingerprint density at radius 3 is 1.31 bits per heavy atom. The smallest absolute Gasteiger partial charge is 0.0608 e. The van der Waals surface area contributed by atoms with E-state index in [0.29, 0.717) is 3.92 Å². The molecule has 0 fully saturated rings. The number of hydrogen-bond acceptors (Lipinski definition) is 0. The van der Waals surface area contributed by atoms with Gasteiger partial charge in [-0.2, -0.15) is 0 Å². The van der Waals surface area contributed by atoms with Crippen molar-refractivity contribution in [1.82, 2.24) is 0 Å². The molecule has 0 saturated heterocycles. The SMILES string of the molecule is Cc1ccc(C(I)c2ccc(C)cc2)cc1. The van der Waals surface area contributed by atoms with Crippen LogP contribution >= 0.6 is 22.6 Å². The van der Waals surface area contributed by atoms with Crippen molar-refractivity contribution in [2.45, 2.75) is 17.8 Å². The van der Waals surface area contributed by atoms with Gasteiger partial charge in [-0.25, -0.2) is 0 Å². The molecule has 0 nitrogen and oxygen atoms in total. The highest BCUT2D eigenvalue weighted by Crippen LogP contribution is 2.31.